The number of ether oxygens (including phenoxy) is 1. The van der Waals surface area contributed by atoms with Gasteiger partial charge >= 0.3 is 0 Å². The van der Waals surface area contributed by atoms with E-state index in [-0.39, 0.29) is 12.0 Å². The Kier molecular flexibility index (Phi) is 4.16. The molecule has 0 aliphatic carbocycles. The summed E-state index contributed by atoms with van der Waals surface area (Å²) in [5, 5.41) is 6.93. The molecule has 0 radical (unpaired) electrons. The molecule has 0 saturated carbocycles. The van der Waals surface area contributed by atoms with Gasteiger partial charge < -0.3 is 15.8 Å². The van der Waals surface area contributed by atoms with Gasteiger partial charge in [-0.25, -0.2) is 0 Å². The molecule has 0 aliphatic rings. The molecule has 1 amide bonds. The maximum absolute atomic E-state index is 12.2. The number of anilines is 2. The number of hydrogen-bond acceptors (Lipinski definition) is 4. The Morgan fingerprint density at radius 1 is 1.33 bits per heavy atom. The largest absolute Gasteiger partial charge is 0.491 e. The lowest BCUT2D eigenvalue weighted by molar-refractivity contribution is 0.101. The van der Waals surface area contributed by atoms with Crippen molar-refractivity contribution in [2.75, 3.05) is 11.1 Å². The zero-order chi connectivity index (χ0) is 15.6. The molecular weight excluding hydrogens is 268 g/mol. The van der Waals surface area contributed by atoms with Crippen molar-refractivity contribution < 1.29 is 9.53 Å². The van der Waals surface area contributed by atoms with Crippen molar-refractivity contribution in [3.05, 3.63) is 35.7 Å². The lowest BCUT2D eigenvalue weighted by atomic mass is 10.2. The minimum Gasteiger partial charge on any atom is -0.491 e. The fourth-order valence-corrected chi connectivity index (χ4v) is 2.02. The number of nitrogen functional groups attached to an aromatic ring is 1. The number of aromatic nitrogens is 2. The van der Waals surface area contributed by atoms with Crippen LogP contribution in [0.5, 0.6) is 5.75 Å². The maximum Gasteiger partial charge on any atom is 0.276 e. The van der Waals surface area contributed by atoms with Gasteiger partial charge in [0, 0.05) is 12.7 Å². The number of nitrogens with zero attached hydrogens (tertiary/aromatic N) is 2. The monoisotopic (exact) mass is 288 g/mol. The fourth-order valence-electron chi connectivity index (χ4n) is 2.02. The Morgan fingerprint density at radius 2 is 1.95 bits per heavy atom. The molecule has 3 N–H and O–H groups in total. The van der Waals surface area contributed by atoms with Gasteiger partial charge in [-0.05, 0) is 45.0 Å². The molecule has 6 heteroatoms. The quantitative estimate of drug-likeness (QED) is 0.904. The number of amides is 1. The third-order valence-corrected chi connectivity index (χ3v) is 2.97. The van der Waals surface area contributed by atoms with Crippen molar-refractivity contribution in [3.8, 4) is 5.75 Å². The molecule has 0 fully saturated rings. The average Bonchev–Trinajstić information content (AvgIpc) is 2.65. The molecular formula is C15H20N4O2. The molecule has 0 aliphatic heterocycles. The first kappa shape index (κ1) is 14.9. The second kappa shape index (κ2) is 5.87. The molecule has 112 valence electrons. The number of benzene rings is 1. The molecule has 0 unspecified atom stereocenters. The van der Waals surface area contributed by atoms with E-state index in [9.17, 15) is 4.79 Å². The second-order valence-electron chi connectivity index (χ2n) is 5.12. The lowest BCUT2D eigenvalue weighted by Crippen LogP contribution is -2.17. The van der Waals surface area contributed by atoms with Crippen LogP contribution < -0.4 is 15.8 Å². The van der Waals surface area contributed by atoms with Crippen molar-refractivity contribution in [2.45, 2.75) is 26.9 Å². The van der Waals surface area contributed by atoms with Crippen LogP contribution in [0.4, 0.5) is 11.4 Å². The minimum atomic E-state index is -0.284. The highest BCUT2D eigenvalue weighted by molar-refractivity contribution is 6.06. The van der Waals surface area contributed by atoms with Crippen molar-refractivity contribution in [1.29, 1.82) is 0 Å². The topological polar surface area (TPSA) is 82.2 Å². The number of hydrogen-bond donors (Lipinski definition) is 2. The summed E-state index contributed by atoms with van der Waals surface area (Å²) in [4.78, 5) is 12.2. The standard InChI is InChI=1S/C15H20N4O2/c1-9(2)21-12-7-5-11(6-8-12)17-15(20)14-13(16)10(3)18-19(14)4/h5-9H,16H2,1-4H3,(H,17,20). The van der Waals surface area contributed by atoms with Crippen LogP contribution in [0, 0.1) is 6.92 Å². The summed E-state index contributed by atoms with van der Waals surface area (Å²) in [5.74, 6) is 0.479. The first-order valence-corrected chi connectivity index (χ1v) is 6.75. The first-order chi connectivity index (χ1) is 9.88. The molecule has 0 atom stereocenters. The van der Waals surface area contributed by atoms with Crippen LogP contribution in [-0.4, -0.2) is 21.8 Å². The Morgan fingerprint density at radius 3 is 2.43 bits per heavy atom. The number of rotatable bonds is 4. The van der Waals surface area contributed by atoms with Gasteiger partial charge in [0.1, 0.15) is 11.4 Å². The van der Waals surface area contributed by atoms with E-state index in [1.54, 1.807) is 26.1 Å². The summed E-state index contributed by atoms with van der Waals surface area (Å²) in [6.07, 6.45) is 0.114. The van der Waals surface area contributed by atoms with E-state index in [1.807, 2.05) is 26.0 Å². The number of carbonyl (C=O) groups excluding carboxylic acids is 1. The van der Waals surface area contributed by atoms with Crippen LogP contribution in [0.1, 0.15) is 30.0 Å². The third-order valence-electron chi connectivity index (χ3n) is 2.97. The normalized spacial score (nSPS) is 10.7. The SMILES string of the molecule is Cc1nn(C)c(C(=O)Nc2ccc(OC(C)C)cc2)c1N. The number of aryl methyl sites for hydroxylation is 2. The Hall–Kier alpha value is -2.50. The van der Waals surface area contributed by atoms with E-state index >= 15 is 0 Å². The predicted molar refractivity (Wildman–Crippen MR) is 82.5 cm³/mol. The van der Waals surface area contributed by atoms with Gasteiger partial charge in [-0.15, -0.1) is 0 Å². The molecule has 2 rings (SSSR count). The van der Waals surface area contributed by atoms with Gasteiger partial charge in [0.25, 0.3) is 5.91 Å². The first-order valence-electron chi connectivity index (χ1n) is 6.75. The van der Waals surface area contributed by atoms with Gasteiger partial charge in [-0.1, -0.05) is 0 Å². The van der Waals surface area contributed by atoms with Crippen molar-refractivity contribution >= 4 is 17.3 Å². The van der Waals surface area contributed by atoms with Gasteiger partial charge in [-0.2, -0.15) is 5.10 Å². The molecule has 6 nitrogen and oxygen atoms in total. The Labute approximate surface area is 123 Å². The molecule has 21 heavy (non-hydrogen) atoms. The van der Waals surface area contributed by atoms with Gasteiger partial charge in [-0.3, -0.25) is 9.48 Å². The summed E-state index contributed by atoms with van der Waals surface area (Å²) in [7, 11) is 1.69. The molecule has 0 spiro atoms. The summed E-state index contributed by atoms with van der Waals surface area (Å²) in [5.41, 5.74) is 7.94. The molecule has 2 aromatic rings. The summed E-state index contributed by atoms with van der Waals surface area (Å²) < 4.78 is 7.04. The van der Waals surface area contributed by atoms with Crippen LogP contribution in [0.3, 0.4) is 0 Å². The molecule has 0 bridgehead atoms. The zero-order valence-corrected chi connectivity index (χ0v) is 12.7. The minimum absolute atomic E-state index is 0.114. The van der Waals surface area contributed by atoms with E-state index in [0.717, 1.165) is 5.75 Å². The smallest absolute Gasteiger partial charge is 0.276 e. The highest BCUT2D eigenvalue weighted by Crippen LogP contribution is 2.20. The molecule has 1 heterocycles. The summed E-state index contributed by atoms with van der Waals surface area (Å²) in [6, 6.07) is 7.20. The van der Waals surface area contributed by atoms with E-state index in [1.165, 1.54) is 4.68 Å². The number of nitrogens with one attached hydrogen (secondary N) is 1. The third kappa shape index (κ3) is 3.34. The second-order valence-corrected chi connectivity index (χ2v) is 5.12. The highest BCUT2D eigenvalue weighted by atomic mass is 16.5. The van der Waals surface area contributed by atoms with Gasteiger partial charge in [0.15, 0.2) is 0 Å². The van der Waals surface area contributed by atoms with Crippen LogP contribution in [0.2, 0.25) is 0 Å². The van der Waals surface area contributed by atoms with Gasteiger partial charge in [0.2, 0.25) is 0 Å². The summed E-state index contributed by atoms with van der Waals surface area (Å²) >= 11 is 0. The molecule has 1 aromatic heterocycles. The van der Waals surface area contributed by atoms with E-state index in [4.69, 9.17) is 10.5 Å². The van der Waals surface area contributed by atoms with Crippen molar-refractivity contribution in [3.63, 3.8) is 0 Å². The van der Waals surface area contributed by atoms with Crippen LogP contribution in [0.15, 0.2) is 24.3 Å². The summed E-state index contributed by atoms with van der Waals surface area (Å²) in [6.45, 7) is 5.69. The molecule has 1 aromatic carbocycles. The Bertz CT molecular complexity index is 644. The van der Waals surface area contributed by atoms with Crippen LogP contribution in [0.25, 0.3) is 0 Å². The van der Waals surface area contributed by atoms with E-state index in [0.29, 0.717) is 22.8 Å². The van der Waals surface area contributed by atoms with Crippen molar-refractivity contribution in [1.82, 2.24) is 9.78 Å². The zero-order valence-electron chi connectivity index (χ0n) is 12.7. The molecule has 0 saturated heterocycles. The average molecular weight is 288 g/mol. The number of carbonyl (C=O) groups is 1. The van der Waals surface area contributed by atoms with Crippen molar-refractivity contribution in [2.24, 2.45) is 7.05 Å². The fraction of sp³-hybridized carbons (Fsp3) is 0.333. The predicted octanol–water partition coefficient (Wildman–Crippen LogP) is 2.35. The Balaban J connectivity index is 2.12. The van der Waals surface area contributed by atoms with Crippen LogP contribution >= 0.6 is 0 Å². The van der Waals surface area contributed by atoms with Crippen LogP contribution in [-0.2, 0) is 7.05 Å². The van der Waals surface area contributed by atoms with E-state index in [2.05, 4.69) is 10.4 Å². The number of nitrogens with two attached hydrogens (primary N) is 1. The highest BCUT2D eigenvalue weighted by Gasteiger charge is 2.17. The lowest BCUT2D eigenvalue weighted by Gasteiger charge is -2.11. The van der Waals surface area contributed by atoms with Gasteiger partial charge in [0.05, 0.1) is 17.5 Å². The maximum atomic E-state index is 12.2. The van der Waals surface area contributed by atoms with E-state index < -0.39 is 0 Å².